The van der Waals surface area contributed by atoms with Crippen LogP contribution in [0.2, 0.25) is 0 Å². The molecule has 2 saturated carbocycles. The number of likely N-dealkylation sites (tertiary alicyclic amines) is 1. The lowest BCUT2D eigenvalue weighted by molar-refractivity contribution is -0.134. The molecule has 0 spiro atoms. The van der Waals surface area contributed by atoms with Crippen molar-refractivity contribution in [2.45, 2.75) is 57.4 Å². The molecule has 5 fully saturated rings. The third-order valence-electron chi connectivity index (χ3n) is 10.0. The summed E-state index contributed by atoms with van der Waals surface area (Å²) >= 11 is 0. The molecule has 202 valence electrons. The largest absolute Gasteiger partial charge is 0.369 e. The maximum absolute atomic E-state index is 13.4. The molecule has 3 heterocycles. The Labute approximate surface area is 222 Å². The van der Waals surface area contributed by atoms with Crippen molar-refractivity contribution in [1.29, 1.82) is 0 Å². The second-order valence-corrected chi connectivity index (χ2v) is 12.2. The van der Waals surface area contributed by atoms with E-state index in [0.29, 0.717) is 12.5 Å². The number of rotatable bonds is 5. The normalized spacial score (nSPS) is 28.1. The first-order chi connectivity index (χ1) is 18.1. The fraction of sp³-hybridized carbons (Fsp3) is 0.733. The molecule has 7 nitrogen and oxygen atoms in total. The molecule has 1 aromatic carbocycles. The van der Waals surface area contributed by atoms with E-state index in [2.05, 4.69) is 36.6 Å². The number of benzene rings is 1. The first kappa shape index (κ1) is 25.2. The zero-order valence-electron chi connectivity index (χ0n) is 22.5. The van der Waals surface area contributed by atoms with Crippen molar-refractivity contribution in [2.75, 3.05) is 76.9 Å². The Morgan fingerprint density at radius 2 is 1.49 bits per heavy atom. The highest BCUT2D eigenvalue weighted by Gasteiger charge is 2.34. The molecule has 0 bridgehead atoms. The van der Waals surface area contributed by atoms with Crippen LogP contribution in [-0.2, 0) is 4.79 Å². The number of fused-ring (bicyclic) bond motifs is 1. The van der Waals surface area contributed by atoms with Crippen LogP contribution in [0.15, 0.2) is 24.3 Å². The Hall–Kier alpha value is -2.12. The van der Waals surface area contributed by atoms with E-state index in [1.807, 2.05) is 12.1 Å². The number of carbonyl (C=O) groups excluding carboxylic acids is 2. The van der Waals surface area contributed by atoms with Crippen LogP contribution in [0.1, 0.15) is 61.7 Å². The first-order valence-electron chi connectivity index (χ1n) is 15.0. The molecule has 0 N–H and O–H groups in total. The molecule has 0 unspecified atom stereocenters. The Balaban J connectivity index is 0.976. The van der Waals surface area contributed by atoms with Gasteiger partial charge < -0.3 is 14.7 Å². The lowest BCUT2D eigenvalue weighted by atomic mass is 9.75. The Morgan fingerprint density at radius 3 is 2.22 bits per heavy atom. The molecule has 2 atom stereocenters. The van der Waals surface area contributed by atoms with Gasteiger partial charge in [-0.05, 0) is 55.7 Å². The van der Waals surface area contributed by atoms with E-state index >= 15 is 0 Å². The summed E-state index contributed by atoms with van der Waals surface area (Å²) < 4.78 is 0. The van der Waals surface area contributed by atoms with E-state index in [1.165, 1.54) is 51.4 Å². The molecule has 6 rings (SSSR count). The zero-order valence-corrected chi connectivity index (χ0v) is 22.5. The third kappa shape index (κ3) is 5.68. The Morgan fingerprint density at radius 1 is 0.730 bits per heavy atom. The minimum Gasteiger partial charge on any atom is -0.369 e. The average Bonchev–Trinajstić information content (AvgIpc) is 2.92. The number of piperidine rings is 1. The van der Waals surface area contributed by atoms with Gasteiger partial charge in [-0.25, -0.2) is 0 Å². The average molecular weight is 508 g/mol. The highest BCUT2D eigenvalue weighted by Crippen LogP contribution is 2.36. The molecular weight excluding hydrogens is 462 g/mol. The summed E-state index contributed by atoms with van der Waals surface area (Å²) in [6.07, 6.45) is 10.6. The molecule has 1 aromatic rings. The van der Waals surface area contributed by atoms with Gasteiger partial charge in [-0.15, -0.1) is 0 Å². The summed E-state index contributed by atoms with van der Waals surface area (Å²) in [4.78, 5) is 37.8. The van der Waals surface area contributed by atoms with E-state index < -0.39 is 0 Å². The monoisotopic (exact) mass is 507 g/mol. The van der Waals surface area contributed by atoms with Crippen molar-refractivity contribution in [3.8, 4) is 0 Å². The number of carbonyl (C=O) groups is 2. The van der Waals surface area contributed by atoms with Gasteiger partial charge in [-0.1, -0.05) is 31.7 Å². The number of hydrogen-bond acceptors (Lipinski definition) is 5. The third-order valence-corrected chi connectivity index (χ3v) is 10.0. The quantitative estimate of drug-likeness (QED) is 0.613. The van der Waals surface area contributed by atoms with Gasteiger partial charge in [0.25, 0.3) is 5.91 Å². The molecule has 5 aliphatic rings. The fourth-order valence-electron chi connectivity index (χ4n) is 7.35. The van der Waals surface area contributed by atoms with Crippen LogP contribution in [0, 0.1) is 11.8 Å². The SMILES string of the molecule is O=C(CN1CCN(c2cccc(C(=O)N3CC[C@H]4CCCC[C@@H]4C3)c2)CC1)N1CCN(C2CCC2)CC1. The molecule has 3 aliphatic heterocycles. The highest BCUT2D eigenvalue weighted by molar-refractivity contribution is 5.95. The molecular formula is C30H45N5O2. The van der Waals surface area contributed by atoms with Crippen molar-refractivity contribution < 1.29 is 9.59 Å². The van der Waals surface area contributed by atoms with Crippen LogP contribution >= 0.6 is 0 Å². The summed E-state index contributed by atoms with van der Waals surface area (Å²) in [5.74, 6) is 2.03. The predicted octanol–water partition coefficient (Wildman–Crippen LogP) is 3.16. The second kappa shape index (κ2) is 11.3. The molecule has 2 aliphatic carbocycles. The lowest BCUT2D eigenvalue weighted by Crippen LogP contribution is -2.56. The van der Waals surface area contributed by atoms with Gasteiger partial charge >= 0.3 is 0 Å². The smallest absolute Gasteiger partial charge is 0.253 e. The van der Waals surface area contributed by atoms with E-state index in [1.54, 1.807) is 0 Å². The molecule has 2 amide bonds. The molecule has 7 heteroatoms. The number of anilines is 1. The topological polar surface area (TPSA) is 50.3 Å². The molecule has 0 aromatic heterocycles. The van der Waals surface area contributed by atoms with Gasteiger partial charge in [0, 0.05) is 82.7 Å². The molecule has 37 heavy (non-hydrogen) atoms. The van der Waals surface area contributed by atoms with E-state index in [0.717, 1.165) is 88.7 Å². The standard InChI is InChI=1S/C30H45N5O2/c36-29(34-19-17-32(18-20-34)27-8-4-9-27)23-31-13-15-33(16-14-31)28-10-3-7-25(21-28)30(37)35-12-11-24-5-1-2-6-26(24)22-35/h3,7,10,21,24,26-27H,1-2,4-6,8-9,11-20,22-23H2/t24-,26-/m1/s1. The van der Waals surface area contributed by atoms with Crippen LogP contribution < -0.4 is 4.90 Å². The van der Waals surface area contributed by atoms with E-state index in [9.17, 15) is 9.59 Å². The van der Waals surface area contributed by atoms with Crippen molar-refractivity contribution in [2.24, 2.45) is 11.8 Å². The van der Waals surface area contributed by atoms with Gasteiger partial charge in [-0.3, -0.25) is 19.4 Å². The first-order valence-corrected chi connectivity index (χ1v) is 15.0. The highest BCUT2D eigenvalue weighted by atomic mass is 16.2. The van der Waals surface area contributed by atoms with Gasteiger partial charge in [0.15, 0.2) is 0 Å². The van der Waals surface area contributed by atoms with Gasteiger partial charge in [0.2, 0.25) is 5.91 Å². The van der Waals surface area contributed by atoms with Crippen LogP contribution in [0.25, 0.3) is 0 Å². The second-order valence-electron chi connectivity index (χ2n) is 12.2. The van der Waals surface area contributed by atoms with Crippen LogP contribution in [0.5, 0.6) is 0 Å². The predicted molar refractivity (Wildman–Crippen MR) is 147 cm³/mol. The maximum Gasteiger partial charge on any atom is 0.253 e. The Bertz CT molecular complexity index is 949. The van der Waals surface area contributed by atoms with E-state index in [4.69, 9.17) is 0 Å². The van der Waals surface area contributed by atoms with E-state index in [-0.39, 0.29) is 11.8 Å². The minimum absolute atomic E-state index is 0.201. The zero-order chi connectivity index (χ0) is 25.2. The van der Waals surface area contributed by atoms with Gasteiger partial charge in [0.05, 0.1) is 6.54 Å². The van der Waals surface area contributed by atoms with Crippen molar-refractivity contribution in [3.05, 3.63) is 29.8 Å². The van der Waals surface area contributed by atoms with Crippen molar-refractivity contribution >= 4 is 17.5 Å². The number of nitrogens with zero attached hydrogens (tertiary/aromatic N) is 5. The molecule has 0 radical (unpaired) electrons. The Kier molecular flexibility index (Phi) is 7.70. The van der Waals surface area contributed by atoms with Gasteiger partial charge in [0.1, 0.15) is 0 Å². The summed E-state index contributed by atoms with van der Waals surface area (Å²) in [5.41, 5.74) is 1.96. The molecule has 3 saturated heterocycles. The maximum atomic E-state index is 13.4. The van der Waals surface area contributed by atoms with Crippen LogP contribution in [0.3, 0.4) is 0 Å². The minimum atomic E-state index is 0.201. The fourth-order valence-corrected chi connectivity index (χ4v) is 7.35. The summed E-state index contributed by atoms with van der Waals surface area (Å²) in [6, 6.07) is 9.03. The van der Waals surface area contributed by atoms with Crippen molar-refractivity contribution in [1.82, 2.24) is 19.6 Å². The lowest BCUT2D eigenvalue weighted by Gasteiger charge is -2.43. The van der Waals surface area contributed by atoms with Crippen LogP contribution in [0.4, 0.5) is 5.69 Å². The number of hydrogen-bond donors (Lipinski definition) is 0. The van der Waals surface area contributed by atoms with Crippen LogP contribution in [-0.4, -0.2) is 109 Å². The number of piperazine rings is 2. The summed E-state index contributed by atoms with van der Waals surface area (Å²) in [5, 5.41) is 0. The number of amides is 2. The summed E-state index contributed by atoms with van der Waals surface area (Å²) in [7, 11) is 0. The summed E-state index contributed by atoms with van der Waals surface area (Å²) in [6.45, 7) is 9.80. The van der Waals surface area contributed by atoms with Gasteiger partial charge in [-0.2, -0.15) is 0 Å². The van der Waals surface area contributed by atoms with Crippen molar-refractivity contribution in [3.63, 3.8) is 0 Å².